The highest BCUT2D eigenvalue weighted by atomic mass is 19.4. The Labute approximate surface area is 120 Å². The van der Waals surface area contributed by atoms with Gasteiger partial charge in [-0.15, -0.1) is 0 Å². The van der Waals surface area contributed by atoms with Crippen molar-refractivity contribution in [3.8, 4) is 0 Å². The van der Waals surface area contributed by atoms with E-state index in [1.54, 1.807) is 0 Å². The third kappa shape index (κ3) is 7.48. The van der Waals surface area contributed by atoms with Crippen molar-refractivity contribution in [1.82, 2.24) is 5.32 Å². The van der Waals surface area contributed by atoms with Crippen LogP contribution in [0.1, 0.15) is 53.4 Å². The van der Waals surface area contributed by atoms with Gasteiger partial charge in [0.1, 0.15) is 6.61 Å². The van der Waals surface area contributed by atoms with Gasteiger partial charge < -0.3 is 10.1 Å². The topological polar surface area (TPSA) is 21.3 Å². The van der Waals surface area contributed by atoms with Gasteiger partial charge in [-0.2, -0.15) is 13.2 Å². The van der Waals surface area contributed by atoms with Gasteiger partial charge >= 0.3 is 6.18 Å². The zero-order valence-electron chi connectivity index (χ0n) is 13.1. The second-order valence-electron chi connectivity index (χ2n) is 7.30. The third-order valence-corrected chi connectivity index (χ3v) is 3.89. The Hall–Kier alpha value is -0.290. The molecule has 0 aromatic rings. The summed E-state index contributed by atoms with van der Waals surface area (Å²) in [6.07, 6.45) is -0.126. The zero-order chi connectivity index (χ0) is 15.4. The van der Waals surface area contributed by atoms with E-state index in [0.29, 0.717) is 12.3 Å². The average Bonchev–Trinajstić information content (AvgIpc) is 3.07. The number of hydrogen-bond donors (Lipinski definition) is 1. The van der Waals surface area contributed by atoms with Crippen LogP contribution in [0.3, 0.4) is 0 Å². The maximum Gasteiger partial charge on any atom is 0.411 e. The van der Waals surface area contributed by atoms with E-state index in [-0.39, 0.29) is 17.6 Å². The van der Waals surface area contributed by atoms with Gasteiger partial charge in [0, 0.05) is 18.7 Å². The summed E-state index contributed by atoms with van der Waals surface area (Å²) in [6.45, 7) is 8.62. The quantitative estimate of drug-likeness (QED) is 0.679. The second-order valence-corrected chi connectivity index (χ2v) is 7.30. The molecular weight excluding hydrogens is 267 g/mol. The molecule has 1 atom stereocenters. The van der Waals surface area contributed by atoms with Gasteiger partial charge in [-0.1, -0.05) is 6.92 Å². The van der Waals surface area contributed by atoms with Crippen LogP contribution in [0.15, 0.2) is 0 Å². The molecule has 20 heavy (non-hydrogen) atoms. The van der Waals surface area contributed by atoms with Crippen molar-refractivity contribution in [2.75, 3.05) is 19.8 Å². The van der Waals surface area contributed by atoms with Gasteiger partial charge in [0.05, 0.1) is 0 Å². The van der Waals surface area contributed by atoms with Gasteiger partial charge in [0.25, 0.3) is 0 Å². The van der Waals surface area contributed by atoms with Crippen LogP contribution in [-0.2, 0) is 4.74 Å². The number of nitrogens with one attached hydrogen (secondary N) is 1. The molecule has 0 spiro atoms. The molecule has 1 fully saturated rings. The summed E-state index contributed by atoms with van der Waals surface area (Å²) in [5.74, 6) is 0.708. The van der Waals surface area contributed by atoms with Crippen molar-refractivity contribution >= 4 is 0 Å². The fourth-order valence-corrected chi connectivity index (χ4v) is 2.45. The fraction of sp³-hybridized carbons (Fsp3) is 1.00. The van der Waals surface area contributed by atoms with E-state index in [4.69, 9.17) is 4.74 Å². The number of halogens is 3. The summed E-state index contributed by atoms with van der Waals surface area (Å²) >= 11 is 0. The van der Waals surface area contributed by atoms with Crippen molar-refractivity contribution in [1.29, 1.82) is 0 Å². The van der Waals surface area contributed by atoms with Crippen molar-refractivity contribution < 1.29 is 17.9 Å². The standard InChI is InChI=1S/C15H28F3NO/c1-13(2,3)19-10-14(4,12-6-7-12)8-5-9-20-11-15(16,17)18/h12,19H,5-11H2,1-4H3. The van der Waals surface area contributed by atoms with E-state index < -0.39 is 12.8 Å². The van der Waals surface area contributed by atoms with Crippen molar-refractivity contribution in [2.45, 2.75) is 65.1 Å². The molecule has 0 bridgehead atoms. The maximum atomic E-state index is 12.0. The smallest absolute Gasteiger partial charge is 0.372 e. The van der Waals surface area contributed by atoms with Gasteiger partial charge in [0.2, 0.25) is 0 Å². The van der Waals surface area contributed by atoms with E-state index in [0.717, 1.165) is 13.0 Å². The minimum atomic E-state index is -4.21. The highest BCUT2D eigenvalue weighted by molar-refractivity contribution is 4.93. The molecule has 1 unspecified atom stereocenters. The minimum Gasteiger partial charge on any atom is -0.372 e. The Balaban J connectivity index is 2.28. The first-order chi connectivity index (χ1) is 9.02. The Morgan fingerprint density at radius 3 is 2.15 bits per heavy atom. The highest BCUT2D eigenvalue weighted by Crippen LogP contribution is 2.48. The Kier molecular flexibility index (Phi) is 5.90. The number of rotatable bonds is 8. The summed E-state index contributed by atoms with van der Waals surface area (Å²) in [6, 6.07) is 0. The summed E-state index contributed by atoms with van der Waals surface area (Å²) in [4.78, 5) is 0. The molecule has 120 valence electrons. The summed E-state index contributed by atoms with van der Waals surface area (Å²) in [5.41, 5.74) is 0.248. The Bertz CT molecular complexity index is 294. The van der Waals surface area contributed by atoms with E-state index in [1.165, 1.54) is 12.8 Å². The lowest BCUT2D eigenvalue weighted by Gasteiger charge is -2.34. The molecule has 5 heteroatoms. The predicted molar refractivity (Wildman–Crippen MR) is 74.7 cm³/mol. The Morgan fingerprint density at radius 1 is 1.10 bits per heavy atom. The van der Waals surface area contributed by atoms with E-state index in [9.17, 15) is 13.2 Å². The van der Waals surface area contributed by atoms with E-state index in [1.807, 2.05) is 0 Å². The molecule has 1 aliphatic carbocycles. The molecule has 1 saturated carbocycles. The van der Waals surface area contributed by atoms with Crippen LogP contribution in [0.25, 0.3) is 0 Å². The van der Waals surface area contributed by atoms with Gasteiger partial charge in [-0.25, -0.2) is 0 Å². The maximum absolute atomic E-state index is 12.0. The SMILES string of the molecule is CC(C)(C)NCC(C)(CCCOCC(F)(F)F)C1CC1. The van der Waals surface area contributed by atoms with Crippen LogP contribution in [-0.4, -0.2) is 31.5 Å². The summed E-state index contributed by atoms with van der Waals surface area (Å²) in [7, 11) is 0. The largest absolute Gasteiger partial charge is 0.411 e. The summed E-state index contributed by atoms with van der Waals surface area (Å²) < 4.78 is 40.6. The van der Waals surface area contributed by atoms with Crippen LogP contribution in [0.5, 0.6) is 0 Å². The molecule has 0 aromatic heterocycles. The lowest BCUT2D eigenvalue weighted by atomic mass is 9.80. The molecule has 0 radical (unpaired) electrons. The van der Waals surface area contributed by atoms with Crippen LogP contribution < -0.4 is 5.32 Å². The molecule has 1 rings (SSSR count). The first-order valence-electron chi connectivity index (χ1n) is 7.41. The third-order valence-electron chi connectivity index (χ3n) is 3.89. The lowest BCUT2D eigenvalue weighted by Crippen LogP contribution is -2.43. The normalized spacial score (nSPS) is 19.9. The monoisotopic (exact) mass is 295 g/mol. The van der Waals surface area contributed by atoms with E-state index >= 15 is 0 Å². The first-order valence-corrected chi connectivity index (χ1v) is 7.41. The first kappa shape index (κ1) is 17.8. The van der Waals surface area contributed by atoms with E-state index in [2.05, 4.69) is 33.0 Å². The summed E-state index contributed by atoms with van der Waals surface area (Å²) in [5, 5.41) is 3.53. The molecule has 0 amide bonds. The van der Waals surface area contributed by atoms with Gasteiger partial charge in [-0.05, 0) is 57.8 Å². The number of ether oxygens (including phenoxy) is 1. The average molecular weight is 295 g/mol. The van der Waals surface area contributed by atoms with Gasteiger partial charge in [0.15, 0.2) is 0 Å². The molecule has 1 N–H and O–H groups in total. The van der Waals surface area contributed by atoms with Crippen molar-refractivity contribution in [3.63, 3.8) is 0 Å². The molecular formula is C15H28F3NO. The molecule has 0 saturated heterocycles. The Morgan fingerprint density at radius 2 is 1.70 bits per heavy atom. The fourth-order valence-electron chi connectivity index (χ4n) is 2.45. The number of alkyl halides is 3. The number of hydrogen-bond acceptors (Lipinski definition) is 2. The molecule has 2 nitrogen and oxygen atoms in total. The van der Waals surface area contributed by atoms with Gasteiger partial charge in [-0.3, -0.25) is 0 Å². The lowest BCUT2D eigenvalue weighted by molar-refractivity contribution is -0.174. The molecule has 0 heterocycles. The zero-order valence-corrected chi connectivity index (χ0v) is 13.1. The van der Waals surface area contributed by atoms with Crippen molar-refractivity contribution in [2.24, 2.45) is 11.3 Å². The molecule has 1 aliphatic rings. The molecule has 0 aliphatic heterocycles. The second kappa shape index (κ2) is 6.65. The van der Waals surface area contributed by atoms with Crippen LogP contribution in [0.4, 0.5) is 13.2 Å². The predicted octanol–water partition coefficient (Wildman–Crippen LogP) is 4.15. The highest BCUT2D eigenvalue weighted by Gasteiger charge is 2.41. The minimum absolute atomic E-state index is 0.0724. The molecule has 0 aromatic carbocycles. The van der Waals surface area contributed by atoms with Crippen LogP contribution in [0, 0.1) is 11.3 Å². The van der Waals surface area contributed by atoms with Crippen LogP contribution in [0.2, 0.25) is 0 Å². The van der Waals surface area contributed by atoms with Crippen molar-refractivity contribution in [3.05, 3.63) is 0 Å². The van der Waals surface area contributed by atoms with Crippen LogP contribution >= 0.6 is 0 Å².